The highest BCUT2D eigenvalue weighted by atomic mass is 16.5. The van der Waals surface area contributed by atoms with E-state index in [1.807, 2.05) is 35.9 Å². The van der Waals surface area contributed by atoms with E-state index < -0.39 is 5.91 Å². The highest BCUT2D eigenvalue weighted by molar-refractivity contribution is 5.94. The molecule has 0 spiro atoms. The molecular formula is C27H28N6O3. The van der Waals surface area contributed by atoms with Crippen LogP contribution in [0.3, 0.4) is 0 Å². The van der Waals surface area contributed by atoms with Crippen molar-refractivity contribution < 1.29 is 9.53 Å². The molecule has 1 saturated heterocycles. The third kappa shape index (κ3) is 5.06. The van der Waals surface area contributed by atoms with Crippen molar-refractivity contribution in [2.24, 2.45) is 5.29 Å². The molecule has 0 atom stereocenters. The first kappa shape index (κ1) is 23.5. The monoisotopic (exact) mass is 484 g/mol. The van der Waals surface area contributed by atoms with Crippen LogP contribution in [0.5, 0.6) is 5.75 Å². The minimum absolute atomic E-state index is 0.391. The van der Waals surface area contributed by atoms with E-state index in [-0.39, 0.29) is 0 Å². The fourth-order valence-electron chi connectivity index (χ4n) is 4.68. The van der Waals surface area contributed by atoms with Crippen LogP contribution in [0.2, 0.25) is 0 Å². The maximum atomic E-state index is 11.7. The zero-order chi connectivity index (χ0) is 24.9. The molecule has 0 unspecified atom stereocenters. The molecule has 9 nitrogen and oxygen atoms in total. The smallest absolute Gasteiger partial charge is 0.273 e. The van der Waals surface area contributed by atoms with E-state index in [0.717, 1.165) is 55.1 Å². The molecule has 184 valence electrons. The average Bonchev–Trinajstić information content (AvgIpc) is 3.33. The predicted molar refractivity (Wildman–Crippen MR) is 139 cm³/mol. The van der Waals surface area contributed by atoms with Crippen LogP contribution in [0.1, 0.15) is 21.5 Å². The minimum Gasteiger partial charge on any atom is -0.497 e. The van der Waals surface area contributed by atoms with Gasteiger partial charge in [0.1, 0.15) is 11.4 Å². The maximum absolute atomic E-state index is 11.7. The Morgan fingerprint density at radius 1 is 0.944 bits per heavy atom. The summed E-state index contributed by atoms with van der Waals surface area (Å²) >= 11 is 0. The number of carbonyl (C=O) groups is 1. The lowest BCUT2D eigenvalue weighted by atomic mass is 10.1. The third-order valence-electron chi connectivity index (χ3n) is 6.63. The first-order valence-electron chi connectivity index (χ1n) is 11.9. The van der Waals surface area contributed by atoms with Gasteiger partial charge < -0.3 is 14.2 Å². The molecule has 0 saturated carbocycles. The van der Waals surface area contributed by atoms with E-state index in [1.165, 1.54) is 11.3 Å². The van der Waals surface area contributed by atoms with E-state index in [0.29, 0.717) is 12.1 Å². The number of benzene rings is 2. The molecule has 1 aliphatic heterocycles. The number of rotatable bonds is 8. The molecule has 0 radical (unpaired) electrons. The number of aromatic nitrogens is 2. The highest BCUT2D eigenvalue weighted by Crippen LogP contribution is 2.28. The number of fused-ring (bicyclic) bond motifs is 1. The Morgan fingerprint density at radius 2 is 1.64 bits per heavy atom. The number of carbonyl (C=O) groups excluding carboxylic acids is 1. The summed E-state index contributed by atoms with van der Waals surface area (Å²) in [6.45, 7) is 5.47. The largest absolute Gasteiger partial charge is 0.497 e. The van der Waals surface area contributed by atoms with Gasteiger partial charge in [-0.1, -0.05) is 24.3 Å². The van der Waals surface area contributed by atoms with Gasteiger partial charge in [-0.25, -0.2) is 10.4 Å². The summed E-state index contributed by atoms with van der Waals surface area (Å²) in [6.07, 6.45) is 3.93. The van der Waals surface area contributed by atoms with E-state index in [1.54, 1.807) is 19.2 Å². The van der Waals surface area contributed by atoms with Crippen LogP contribution in [0.15, 0.2) is 78.3 Å². The molecule has 1 amide bonds. The molecule has 1 fully saturated rings. The lowest BCUT2D eigenvalue weighted by Crippen LogP contribution is -2.46. The number of hydrogen-bond acceptors (Lipinski definition) is 7. The second-order valence-corrected chi connectivity index (χ2v) is 8.85. The first-order valence-corrected chi connectivity index (χ1v) is 11.9. The summed E-state index contributed by atoms with van der Waals surface area (Å²) in [5.74, 6) is 0.368. The van der Waals surface area contributed by atoms with Gasteiger partial charge in [-0.3, -0.25) is 9.69 Å². The molecule has 1 aliphatic rings. The first-order chi connectivity index (χ1) is 17.6. The SMILES string of the molecule is COc1ccc(CN2CCN(c3ccnc4c3ccn4Cc3ccc(C(=O)NN=O)cc3)CC2)cc1. The van der Waals surface area contributed by atoms with E-state index in [2.05, 4.69) is 55.1 Å². The molecule has 0 bridgehead atoms. The van der Waals surface area contributed by atoms with Crippen LogP contribution < -0.4 is 15.1 Å². The fraction of sp³-hybridized carbons (Fsp3) is 0.259. The Labute approximate surface area is 209 Å². The van der Waals surface area contributed by atoms with Crippen molar-refractivity contribution in [2.45, 2.75) is 13.1 Å². The summed E-state index contributed by atoms with van der Waals surface area (Å²) in [6, 6.07) is 19.6. The molecular weight excluding hydrogens is 456 g/mol. The second-order valence-electron chi connectivity index (χ2n) is 8.85. The number of piperazine rings is 1. The molecule has 2 aromatic carbocycles. The molecule has 4 aromatic rings. The Morgan fingerprint density at radius 3 is 2.33 bits per heavy atom. The zero-order valence-corrected chi connectivity index (χ0v) is 20.1. The number of nitrogens with zero attached hydrogens (tertiary/aromatic N) is 5. The Bertz CT molecular complexity index is 1340. The lowest BCUT2D eigenvalue weighted by Gasteiger charge is -2.36. The van der Waals surface area contributed by atoms with Gasteiger partial charge in [0.15, 0.2) is 0 Å². The molecule has 2 aromatic heterocycles. The van der Waals surface area contributed by atoms with Crippen LogP contribution >= 0.6 is 0 Å². The normalized spacial score (nSPS) is 14.1. The van der Waals surface area contributed by atoms with Gasteiger partial charge in [-0.15, -0.1) is 4.91 Å². The van der Waals surface area contributed by atoms with Gasteiger partial charge in [-0.05, 0) is 47.5 Å². The van der Waals surface area contributed by atoms with Crippen LogP contribution in [0, 0.1) is 4.91 Å². The molecule has 0 aliphatic carbocycles. The van der Waals surface area contributed by atoms with Crippen molar-refractivity contribution in [3.8, 4) is 5.75 Å². The summed E-state index contributed by atoms with van der Waals surface area (Å²) in [5, 5.41) is 3.57. The zero-order valence-electron chi connectivity index (χ0n) is 20.1. The van der Waals surface area contributed by atoms with E-state index >= 15 is 0 Å². The van der Waals surface area contributed by atoms with Crippen molar-refractivity contribution in [1.82, 2.24) is 19.9 Å². The van der Waals surface area contributed by atoms with Gasteiger partial charge in [-0.2, -0.15) is 0 Å². The van der Waals surface area contributed by atoms with Crippen molar-refractivity contribution in [2.75, 3.05) is 38.2 Å². The number of hydrogen-bond donors (Lipinski definition) is 1. The highest BCUT2D eigenvalue weighted by Gasteiger charge is 2.20. The molecule has 36 heavy (non-hydrogen) atoms. The van der Waals surface area contributed by atoms with Crippen LogP contribution in [0.4, 0.5) is 5.69 Å². The molecule has 1 N–H and O–H groups in total. The number of nitroso groups, excluding NO2 is 1. The number of pyridine rings is 1. The van der Waals surface area contributed by atoms with Gasteiger partial charge in [0.05, 0.1) is 12.4 Å². The lowest BCUT2D eigenvalue weighted by molar-refractivity contribution is 0.0954. The molecule has 3 heterocycles. The number of methoxy groups -OCH3 is 1. The minimum atomic E-state index is -0.515. The average molecular weight is 485 g/mol. The fourth-order valence-corrected chi connectivity index (χ4v) is 4.68. The summed E-state index contributed by atoms with van der Waals surface area (Å²) in [7, 11) is 1.69. The molecule has 5 rings (SSSR count). The Balaban J connectivity index is 1.25. The van der Waals surface area contributed by atoms with Crippen LogP contribution in [-0.4, -0.2) is 53.6 Å². The standard InChI is InChI=1S/C27H28N6O3/c1-36-23-8-4-20(5-9-23)18-31-14-16-32(17-15-31)25-10-12-28-26-24(25)11-13-33(26)19-21-2-6-22(7-3-21)27(34)29-30-35/h2-13H,14-19H2,1H3,(H,29,34,35). The van der Waals surface area contributed by atoms with Crippen molar-refractivity contribution in [1.29, 1.82) is 0 Å². The summed E-state index contributed by atoms with van der Waals surface area (Å²) in [5.41, 5.74) is 6.76. The van der Waals surface area contributed by atoms with Crippen molar-refractivity contribution in [3.05, 3.63) is 94.7 Å². The van der Waals surface area contributed by atoms with Crippen LogP contribution in [0.25, 0.3) is 11.0 Å². The number of ether oxygens (including phenoxy) is 1. The van der Waals surface area contributed by atoms with Crippen molar-refractivity contribution >= 4 is 22.6 Å². The molecule has 9 heteroatoms. The van der Waals surface area contributed by atoms with E-state index in [9.17, 15) is 9.70 Å². The quantitative estimate of drug-likeness (QED) is 0.302. The topological polar surface area (TPSA) is 92.1 Å². The summed E-state index contributed by atoms with van der Waals surface area (Å²) < 4.78 is 7.37. The van der Waals surface area contributed by atoms with Crippen molar-refractivity contribution in [3.63, 3.8) is 0 Å². The Kier molecular flexibility index (Phi) is 6.90. The number of anilines is 1. The Hall–Kier alpha value is -4.24. The van der Waals surface area contributed by atoms with Gasteiger partial charge >= 0.3 is 0 Å². The number of amides is 1. The summed E-state index contributed by atoms with van der Waals surface area (Å²) in [4.78, 5) is 31.6. The van der Waals surface area contributed by atoms with Gasteiger partial charge in [0.25, 0.3) is 5.91 Å². The predicted octanol–water partition coefficient (Wildman–Crippen LogP) is 3.83. The number of nitrogens with one attached hydrogen (secondary N) is 1. The van der Waals surface area contributed by atoms with Gasteiger partial charge in [0, 0.05) is 68.3 Å². The second kappa shape index (κ2) is 10.6. The van der Waals surface area contributed by atoms with Crippen LogP contribution in [-0.2, 0) is 13.1 Å². The van der Waals surface area contributed by atoms with Gasteiger partial charge in [0.2, 0.25) is 0 Å². The third-order valence-corrected chi connectivity index (χ3v) is 6.63. The maximum Gasteiger partial charge on any atom is 0.273 e. The van der Waals surface area contributed by atoms with E-state index in [4.69, 9.17) is 4.74 Å².